The molecule has 0 atom stereocenters. The lowest BCUT2D eigenvalue weighted by Crippen LogP contribution is -2.20. The smallest absolute Gasteiger partial charge is 0.300 e. The number of nitrogens with zero attached hydrogens (tertiary/aromatic N) is 6. The summed E-state index contributed by atoms with van der Waals surface area (Å²) in [4.78, 5) is 9.22. The molecular weight excluding hydrogens is 764 g/mol. The van der Waals surface area contributed by atoms with Crippen molar-refractivity contribution in [3.05, 3.63) is 77.1 Å². The minimum absolute atomic E-state index is 0.0331. The van der Waals surface area contributed by atoms with Gasteiger partial charge in [0.1, 0.15) is 22.1 Å². The highest BCUT2D eigenvalue weighted by Gasteiger charge is 2.33. The van der Waals surface area contributed by atoms with Crippen molar-refractivity contribution in [2.45, 2.75) is 28.5 Å². The van der Waals surface area contributed by atoms with Crippen molar-refractivity contribution in [3.8, 4) is 5.75 Å². The van der Waals surface area contributed by atoms with Gasteiger partial charge in [-0.05, 0) is 72.8 Å². The summed E-state index contributed by atoms with van der Waals surface area (Å²) >= 11 is 6.19. The molecule has 0 aliphatic heterocycles. The molecule has 0 fully saturated rings. The van der Waals surface area contributed by atoms with E-state index in [1.807, 2.05) is 38.1 Å². The van der Waals surface area contributed by atoms with Gasteiger partial charge in [-0.1, -0.05) is 12.1 Å². The van der Waals surface area contributed by atoms with E-state index in [0.29, 0.717) is 6.54 Å². The molecule has 5 N–H and O–H groups in total. The number of benzene rings is 4. The van der Waals surface area contributed by atoms with Crippen molar-refractivity contribution in [2.75, 3.05) is 16.8 Å². The number of aryl methyl sites for hydroxylation is 1. The Morgan fingerprint density at radius 1 is 0.863 bits per heavy atom. The molecule has 51 heavy (non-hydrogen) atoms. The summed E-state index contributed by atoms with van der Waals surface area (Å²) < 4.78 is 129. The molecule has 0 radical (unpaired) electrons. The summed E-state index contributed by atoms with van der Waals surface area (Å²) in [6.45, 7) is 4.23. The summed E-state index contributed by atoms with van der Waals surface area (Å²) in [7, 11) is -16.7. The Bertz CT molecular complexity index is 2610. The fourth-order valence-electron chi connectivity index (χ4n) is 4.83. The first-order valence-corrected chi connectivity index (χ1v) is 18.6. The Kier molecular flexibility index (Phi) is 9.97. The number of aromatic hydroxyl groups is 1. The summed E-state index contributed by atoms with van der Waals surface area (Å²) in [5.74, 6) is -5.37. The average Bonchev–Trinajstić information content (AvgIpc) is 2.98. The number of nitrogens with one attached hydrogen (secondary N) is 1. The molecule has 0 bridgehead atoms. The normalized spacial score (nSPS) is 12.5. The lowest BCUT2D eigenvalue weighted by atomic mass is 10.1. The lowest BCUT2D eigenvalue weighted by molar-refractivity contribution is 0.442. The van der Waals surface area contributed by atoms with E-state index >= 15 is 0 Å². The number of rotatable bonds is 10. The van der Waals surface area contributed by atoms with Crippen LogP contribution < -0.4 is 10.2 Å². The van der Waals surface area contributed by atoms with Gasteiger partial charge in [0.2, 0.25) is 17.2 Å². The zero-order chi connectivity index (χ0) is 37.6. The number of halogens is 3. The molecule has 0 saturated carbocycles. The Hall–Kier alpha value is -4.97. The zero-order valence-corrected chi connectivity index (χ0v) is 28.9. The SMILES string of the molecule is CCN(c1cccc(C)c1)c1nc(Cl)nc(Nc2ccc3c(O)c(N=Nc4cc(F)c(S(=O)(=O)O)c(F)c4S(=O)(=O)O)c(S(=O)(=O)O)cc3c2)n1. The predicted octanol–water partition coefficient (Wildman–Crippen LogP) is 6.03. The third kappa shape index (κ3) is 7.85. The van der Waals surface area contributed by atoms with Crippen LogP contribution in [-0.2, 0) is 30.4 Å². The van der Waals surface area contributed by atoms with Crippen LogP contribution in [0.4, 0.5) is 43.4 Å². The van der Waals surface area contributed by atoms with Crippen LogP contribution in [0.3, 0.4) is 0 Å². The molecule has 0 amide bonds. The Balaban J connectivity index is 1.59. The number of anilines is 4. The monoisotopic (exact) mass is 785 g/mol. The number of aromatic nitrogens is 3. The maximum absolute atomic E-state index is 14.8. The van der Waals surface area contributed by atoms with Crippen molar-refractivity contribution >= 4 is 87.4 Å². The van der Waals surface area contributed by atoms with Crippen LogP contribution in [0.2, 0.25) is 5.28 Å². The van der Waals surface area contributed by atoms with Crippen LogP contribution in [-0.4, -0.2) is 65.5 Å². The molecule has 17 nitrogen and oxygen atoms in total. The standard InChI is InChI=1S/C28H22ClF2N7O10S3/c1-3-38(16-6-4-5-13(2)9-16)28-34-26(29)33-27(35-28)32-15-7-8-17-14(10-15)11-20(49(40,41)42)22(23(17)39)37-36-19-12-18(30)24(50(43,44)45)21(31)25(19)51(46,47)48/h4-12,39H,3H2,1-2H3,(H,40,41,42)(H,43,44,45)(H,46,47,48)(H,32,33,34,35). The van der Waals surface area contributed by atoms with Crippen LogP contribution in [0.25, 0.3) is 10.8 Å². The van der Waals surface area contributed by atoms with Gasteiger partial charge in [-0.25, -0.2) is 8.78 Å². The Morgan fingerprint density at radius 3 is 2.16 bits per heavy atom. The van der Waals surface area contributed by atoms with Gasteiger partial charge in [0.05, 0.1) is 0 Å². The van der Waals surface area contributed by atoms with Crippen molar-refractivity contribution in [1.29, 1.82) is 0 Å². The molecule has 23 heteroatoms. The Morgan fingerprint density at radius 2 is 1.55 bits per heavy atom. The number of azo groups is 1. The first kappa shape index (κ1) is 37.3. The van der Waals surface area contributed by atoms with Gasteiger partial charge in [0.25, 0.3) is 30.4 Å². The maximum Gasteiger partial charge on any atom is 0.300 e. The molecule has 0 aliphatic carbocycles. The Labute approximate surface area is 292 Å². The quantitative estimate of drug-likeness (QED) is 0.0800. The second kappa shape index (κ2) is 13.6. The fraction of sp³-hybridized carbons (Fsp3) is 0.107. The van der Waals surface area contributed by atoms with Crippen LogP contribution in [0, 0.1) is 18.6 Å². The molecule has 1 heterocycles. The summed E-state index contributed by atoms with van der Waals surface area (Å²) in [5.41, 5.74) is -0.502. The first-order chi connectivity index (χ1) is 23.7. The molecule has 268 valence electrons. The fourth-order valence-corrected chi connectivity index (χ4v) is 7.04. The van der Waals surface area contributed by atoms with Crippen molar-refractivity contribution in [3.63, 3.8) is 0 Å². The van der Waals surface area contributed by atoms with E-state index in [1.165, 1.54) is 18.2 Å². The molecule has 0 aliphatic rings. The summed E-state index contributed by atoms with van der Waals surface area (Å²) in [6.07, 6.45) is 0. The van der Waals surface area contributed by atoms with Gasteiger partial charge in [0, 0.05) is 29.4 Å². The summed E-state index contributed by atoms with van der Waals surface area (Å²) in [6, 6.07) is 12.2. The highest BCUT2D eigenvalue weighted by atomic mass is 35.5. The van der Waals surface area contributed by atoms with Gasteiger partial charge in [-0.15, -0.1) is 10.2 Å². The second-order valence-corrected chi connectivity index (χ2v) is 14.9. The number of phenolic OH excluding ortho intramolecular Hbond substituents is 1. The molecular formula is C28H22ClF2N7O10S3. The van der Waals surface area contributed by atoms with E-state index in [9.17, 15) is 48.2 Å². The predicted molar refractivity (Wildman–Crippen MR) is 178 cm³/mol. The third-order valence-electron chi connectivity index (χ3n) is 6.94. The molecule has 5 aromatic rings. The van der Waals surface area contributed by atoms with Crippen molar-refractivity contribution < 1.29 is 52.8 Å². The topological polar surface area (TPSA) is 262 Å². The highest BCUT2D eigenvalue weighted by Crippen LogP contribution is 2.43. The molecule has 4 aromatic carbocycles. The number of hydrogen-bond acceptors (Lipinski definition) is 14. The van der Waals surface area contributed by atoms with Gasteiger partial charge in [-0.2, -0.15) is 40.2 Å². The maximum atomic E-state index is 14.8. The van der Waals surface area contributed by atoms with Crippen LogP contribution in [0.5, 0.6) is 5.75 Å². The largest absolute Gasteiger partial charge is 0.505 e. The van der Waals surface area contributed by atoms with Crippen LogP contribution in [0.15, 0.2) is 79.5 Å². The van der Waals surface area contributed by atoms with Crippen molar-refractivity contribution in [1.82, 2.24) is 15.0 Å². The number of phenols is 1. The molecule has 5 rings (SSSR count). The first-order valence-electron chi connectivity index (χ1n) is 13.9. The van der Waals surface area contributed by atoms with Crippen LogP contribution >= 0.6 is 11.6 Å². The molecule has 1 aromatic heterocycles. The van der Waals surface area contributed by atoms with Crippen molar-refractivity contribution in [2.24, 2.45) is 10.2 Å². The van der Waals surface area contributed by atoms with E-state index in [0.717, 1.165) is 17.3 Å². The third-order valence-corrected chi connectivity index (χ3v) is 9.77. The van der Waals surface area contributed by atoms with E-state index in [1.54, 1.807) is 4.90 Å². The molecule has 0 saturated heterocycles. The van der Waals surface area contributed by atoms with E-state index < -0.39 is 73.8 Å². The average molecular weight is 786 g/mol. The van der Waals surface area contributed by atoms with Gasteiger partial charge in [0.15, 0.2) is 21.4 Å². The van der Waals surface area contributed by atoms with Gasteiger partial charge < -0.3 is 15.3 Å². The second-order valence-electron chi connectivity index (χ2n) is 10.4. The minimum Gasteiger partial charge on any atom is -0.505 e. The molecule has 0 unspecified atom stereocenters. The van der Waals surface area contributed by atoms with E-state index in [-0.39, 0.29) is 39.7 Å². The van der Waals surface area contributed by atoms with Gasteiger partial charge >= 0.3 is 0 Å². The minimum atomic E-state index is -5.74. The van der Waals surface area contributed by atoms with Crippen LogP contribution in [0.1, 0.15) is 12.5 Å². The zero-order valence-electron chi connectivity index (χ0n) is 25.7. The van der Waals surface area contributed by atoms with E-state index in [2.05, 4.69) is 30.5 Å². The lowest BCUT2D eigenvalue weighted by Gasteiger charge is -2.21. The molecule has 0 spiro atoms. The van der Waals surface area contributed by atoms with E-state index in [4.69, 9.17) is 16.2 Å². The number of fused-ring (bicyclic) bond motifs is 1. The number of hydrogen-bond donors (Lipinski definition) is 5. The highest BCUT2D eigenvalue weighted by molar-refractivity contribution is 7.87. The summed E-state index contributed by atoms with van der Waals surface area (Å²) in [5, 5.41) is 20.1. The van der Waals surface area contributed by atoms with Gasteiger partial charge in [-0.3, -0.25) is 13.7 Å².